The van der Waals surface area contributed by atoms with E-state index >= 15 is 0 Å². The van der Waals surface area contributed by atoms with Gasteiger partial charge in [0.25, 0.3) is 0 Å². The molecule has 20 heavy (non-hydrogen) atoms. The first-order chi connectivity index (χ1) is 9.54. The molecule has 0 atom stereocenters. The molecule has 1 aromatic heterocycles. The molecule has 3 nitrogen and oxygen atoms in total. The van der Waals surface area contributed by atoms with Crippen LogP contribution in [0.15, 0.2) is 35.7 Å². The van der Waals surface area contributed by atoms with Crippen molar-refractivity contribution in [2.45, 2.75) is 12.8 Å². The van der Waals surface area contributed by atoms with E-state index in [1.165, 1.54) is 11.3 Å². The quantitative estimate of drug-likeness (QED) is 0.856. The molecule has 2 rings (SSSR count). The third-order valence-corrected chi connectivity index (χ3v) is 3.43. The van der Waals surface area contributed by atoms with E-state index in [9.17, 15) is 18.4 Å². The van der Waals surface area contributed by atoms with Crippen LogP contribution in [0.2, 0.25) is 0 Å². The molecule has 0 radical (unpaired) electrons. The molecule has 0 fully saturated rings. The average Bonchev–Trinajstić information content (AvgIpc) is 2.88. The summed E-state index contributed by atoms with van der Waals surface area (Å²) in [5.74, 6) is -2.12. The van der Waals surface area contributed by atoms with Gasteiger partial charge in [0.2, 0.25) is 5.91 Å². The van der Waals surface area contributed by atoms with Gasteiger partial charge in [-0.1, -0.05) is 6.07 Å². The van der Waals surface area contributed by atoms with Crippen molar-refractivity contribution >= 4 is 28.7 Å². The van der Waals surface area contributed by atoms with E-state index in [2.05, 4.69) is 5.32 Å². The van der Waals surface area contributed by atoms with Gasteiger partial charge in [0.1, 0.15) is 11.6 Å². The number of carbonyl (C=O) groups excluding carboxylic acids is 2. The Morgan fingerprint density at radius 2 is 1.80 bits per heavy atom. The Bertz CT molecular complexity index is 606. The number of thiophene rings is 1. The number of halogens is 2. The van der Waals surface area contributed by atoms with Crippen LogP contribution in [0.1, 0.15) is 22.5 Å². The summed E-state index contributed by atoms with van der Waals surface area (Å²) in [5.41, 5.74) is 0.0380. The molecule has 1 amide bonds. The molecular formula is C14H11F2NO2S. The highest BCUT2D eigenvalue weighted by molar-refractivity contribution is 7.12. The number of Topliss-reactive ketones (excluding diaryl/α,β-unsaturated/α-hetero) is 1. The number of benzene rings is 1. The standard InChI is InChI=1S/C14H11F2NO2S/c15-9-6-10(16)8-11(7-9)17-14(19)4-3-12(18)13-2-1-5-20-13/h1-2,5-8H,3-4H2,(H,17,19). The molecule has 0 aliphatic heterocycles. The van der Waals surface area contributed by atoms with Crippen molar-refractivity contribution in [2.24, 2.45) is 0 Å². The Morgan fingerprint density at radius 1 is 1.10 bits per heavy atom. The molecule has 0 saturated carbocycles. The van der Waals surface area contributed by atoms with Crippen LogP contribution < -0.4 is 5.32 Å². The molecule has 0 aliphatic carbocycles. The monoisotopic (exact) mass is 295 g/mol. The Labute approximate surface area is 118 Å². The van der Waals surface area contributed by atoms with Gasteiger partial charge in [0.05, 0.1) is 4.88 Å². The highest BCUT2D eigenvalue weighted by Gasteiger charge is 2.11. The molecule has 6 heteroatoms. The molecule has 0 saturated heterocycles. The van der Waals surface area contributed by atoms with E-state index in [4.69, 9.17) is 0 Å². The zero-order valence-corrected chi connectivity index (χ0v) is 11.2. The van der Waals surface area contributed by atoms with E-state index in [1.807, 2.05) is 0 Å². The van der Waals surface area contributed by atoms with E-state index in [1.54, 1.807) is 17.5 Å². The Hall–Kier alpha value is -2.08. The van der Waals surface area contributed by atoms with Gasteiger partial charge in [0, 0.05) is 24.6 Å². The lowest BCUT2D eigenvalue weighted by atomic mass is 10.2. The summed E-state index contributed by atoms with van der Waals surface area (Å²) in [4.78, 5) is 23.9. The van der Waals surface area contributed by atoms with E-state index in [-0.39, 0.29) is 24.3 Å². The van der Waals surface area contributed by atoms with Gasteiger partial charge in [-0.2, -0.15) is 0 Å². The molecule has 0 spiro atoms. The van der Waals surface area contributed by atoms with Crippen LogP contribution in [-0.2, 0) is 4.79 Å². The number of carbonyl (C=O) groups is 2. The number of amides is 1. The largest absolute Gasteiger partial charge is 0.326 e. The Kier molecular flexibility index (Phi) is 4.57. The van der Waals surface area contributed by atoms with Crippen LogP contribution in [0, 0.1) is 11.6 Å². The normalized spacial score (nSPS) is 10.3. The lowest BCUT2D eigenvalue weighted by Gasteiger charge is -2.05. The fourth-order valence-electron chi connectivity index (χ4n) is 1.64. The number of hydrogen-bond donors (Lipinski definition) is 1. The molecular weight excluding hydrogens is 284 g/mol. The minimum Gasteiger partial charge on any atom is -0.326 e. The van der Waals surface area contributed by atoms with Crippen molar-refractivity contribution in [3.63, 3.8) is 0 Å². The molecule has 2 aromatic rings. The van der Waals surface area contributed by atoms with Crippen LogP contribution >= 0.6 is 11.3 Å². The number of anilines is 1. The lowest BCUT2D eigenvalue weighted by molar-refractivity contribution is -0.116. The number of hydrogen-bond acceptors (Lipinski definition) is 3. The summed E-state index contributed by atoms with van der Waals surface area (Å²) in [7, 11) is 0. The predicted molar refractivity (Wildman–Crippen MR) is 72.9 cm³/mol. The van der Waals surface area contributed by atoms with Gasteiger partial charge < -0.3 is 5.32 Å². The van der Waals surface area contributed by atoms with Gasteiger partial charge in [0.15, 0.2) is 5.78 Å². The fourth-order valence-corrected chi connectivity index (χ4v) is 2.33. The van der Waals surface area contributed by atoms with Crippen LogP contribution in [-0.4, -0.2) is 11.7 Å². The first-order valence-electron chi connectivity index (χ1n) is 5.87. The highest BCUT2D eigenvalue weighted by atomic mass is 32.1. The summed E-state index contributed by atoms with van der Waals surface area (Å²) >= 11 is 1.31. The lowest BCUT2D eigenvalue weighted by Crippen LogP contribution is -2.13. The molecule has 0 bridgehead atoms. The maximum atomic E-state index is 12.9. The van der Waals surface area contributed by atoms with Gasteiger partial charge >= 0.3 is 0 Å². The van der Waals surface area contributed by atoms with Crippen molar-refractivity contribution in [3.8, 4) is 0 Å². The fraction of sp³-hybridized carbons (Fsp3) is 0.143. The smallest absolute Gasteiger partial charge is 0.224 e. The van der Waals surface area contributed by atoms with Crippen LogP contribution in [0.3, 0.4) is 0 Å². The molecule has 1 heterocycles. The van der Waals surface area contributed by atoms with E-state index < -0.39 is 17.5 Å². The zero-order chi connectivity index (χ0) is 14.5. The average molecular weight is 295 g/mol. The first-order valence-corrected chi connectivity index (χ1v) is 6.75. The summed E-state index contributed by atoms with van der Waals surface area (Å²) in [6, 6.07) is 6.19. The van der Waals surface area contributed by atoms with E-state index in [0.29, 0.717) is 4.88 Å². The second kappa shape index (κ2) is 6.38. The molecule has 0 unspecified atom stereocenters. The summed E-state index contributed by atoms with van der Waals surface area (Å²) in [5, 5.41) is 4.14. The first kappa shape index (κ1) is 14.3. The summed E-state index contributed by atoms with van der Waals surface area (Å²) in [6.07, 6.45) is 0.0268. The minimum absolute atomic E-state index is 0.0329. The highest BCUT2D eigenvalue weighted by Crippen LogP contribution is 2.15. The van der Waals surface area contributed by atoms with Crippen molar-refractivity contribution in [1.82, 2.24) is 0 Å². The minimum atomic E-state index is -0.769. The third-order valence-electron chi connectivity index (χ3n) is 2.52. The number of nitrogens with one attached hydrogen (secondary N) is 1. The van der Waals surface area contributed by atoms with Crippen molar-refractivity contribution in [3.05, 3.63) is 52.2 Å². The van der Waals surface area contributed by atoms with Gasteiger partial charge in [-0.05, 0) is 23.6 Å². The Balaban J connectivity index is 1.88. The SMILES string of the molecule is O=C(CCC(=O)c1cccs1)Nc1cc(F)cc(F)c1. The zero-order valence-electron chi connectivity index (χ0n) is 10.4. The number of rotatable bonds is 5. The second-order valence-electron chi connectivity index (χ2n) is 4.11. The van der Waals surface area contributed by atoms with Gasteiger partial charge in [-0.3, -0.25) is 9.59 Å². The van der Waals surface area contributed by atoms with E-state index in [0.717, 1.165) is 18.2 Å². The maximum absolute atomic E-state index is 12.9. The van der Waals surface area contributed by atoms with Gasteiger partial charge in [-0.15, -0.1) is 11.3 Å². The van der Waals surface area contributed by atoms with Gasteiger partial charge in [-0.25, -0.2) is 8.78 Å². The van der Waals surface area contributed by atoms with Crippen LogP contribution in [0.5, 0.6) is 0 Å². The van der Waals surface area contributed by atoms with Crippen molar-refractivity contribution < 1.29 is 18.4 Å². The molecule has 104 valence electrons. The molecule has 1 N–H and O–H groups in total. The van der Waals surface area contributed by atoms with Crippen molar-refractivity contribution in [1.29, 1.82) is 0 Å². The van der Waals surface area contributed by atoms with Crippen LogP contribution in [0.4, 0.5) is 14.5 Å². The summed E-state index contributed by atoms with van der Waals surface area (Å²) < 4.78 is 25.9. The Morgan fingerprint density at radius 3 is 2.40 bits per heavy atom. The van der Waals surface area contributed by atoms with Crippen molar-refractivity contribution in [2.75, 3.05) is 5.32 Å². The number of ketones is 1. The predicted octanol–water partition coefficient (Wildman–Crippen LogP) is 3.63. The molecule has 0 aliphatic rings. The van der Waals surface area contributed by atoms with Crippen LogP contribution in [0.25, 0.3) is 0 Å². The molecule has 1 aromatic carbocycles. The topological polar surface area (TPSA) is 46.2 Å². The maximum Gasteiger partial charge on any atom is 0.224 e. The second-order valence-corrected chi connectivity index (χ2v) is 5.05. The third kappa shape index (κ3) is 3.96. The summed E-state index contributed by atoms with van der Waals surface area (Å²) in [6.45, 7) is 0.